The molecule has 0 bridgehead atoms. The molecule has 0 spiro atoms. The molecule has 3 heteroatoms. The monoisotopic (exact) mass is 173 g/mol. The maximum atomic E-state index is 10.3. The molecule has 0 aromatic heterocycles. The van der Waals surface area contributed by atoms with E-state index in [0.717, 1.165) is 25.7 Å². The summed E-state index contributed by atoms with van der Waals surface area (Å²) in [5.41, 5.74) is 0. The lowest BCUT2D eigenvalue weighted by atomic mass is 9.96. The van der Waals surface area contributed by atoms with Crippen LogP contribution in [0.25, 0.3) is 0 Å². The van der Waals surface area contributed by atoms with Crippen LogP contribution in [0.2, 0.25) is 0 Å². The molecular formula is C9H19NO2. The molecule has 3 nitrogen and oxygen atoms in total. The third kappa shape index (κ3) is 4.31. The van der Waals surface area contributed by atoms with Gasteiger partial charge < -0.3 is 0 Å². The molecule has 0 heterocycles. The van der Waals surface area contributed by atoms with Crippen LogP contribution in [-0.4, -0.2) is 11.0 Å². The van der Waals surface area contributed by atoms with Gasteiger partial charge in [-0.05, 0) is 12.3 Å². The van der Waals surface area contributed by atoms with Gasteiger partial charge in [-0.3, -0.25) is 10.1 Å². The first-order chi connectivity index (χ1) is 5.61. The van der Waals surface area contributed by atoms with Crippen LogP contribution in [0.1, 0.15) is 46.5 Å². The number of nitro groups is 1. The zero-order valence-corrected chi connectivity index (χ0v) is 8.25. The van der Waals surface area contributed by atoms with Crippen molar-refractivity contribution in [3.05, 3.63) is 10.1 Å². The van der Waals surface area contributed by atoms with Gasteiger partial charge in [0.05, 0.1) is 0 Å². The van der Waals surface area contributed by atoms with E-state index in [4.69, 9.17) is 0 Å². The molecule has 0 aliphatic carbocycles. The quantitative estimate of drug-likeness (QED) is 0.458. The molecule has 0 aromatic carbocycles. The Morgan fingerprint density at radius 2 is 1.75 bits per heavy atom. The minimum absolute atomic E-state index is 0.192. The van der Waals surface area contributed by atoms with Crippen molar-refractivity contribution in [2.75, 3.05) is 0 Å². The molecule has 0 radical (unpaired) electrons. The molecule has 0 aliphatic rings. The maximum Gasteiger partial charge on any atom is 0.210 e. The zero-order valence-electron chi connectivity index (χ0n) is 8.25. The van der Waals surface area contributed by atoms with E-state index in [2.05, 4.69) is 13.8 Å². The Balaban J connectivity index is 3.58. The van der Waals surface area contributed by atoms with Crippen molar-refractivity contribution in [1.29, 1.82) is 0 Å². The second-order valence-corrected chi connectivity index (χ2v) is 3.39. The summed E-state index contributed by atoms with van der Waals surface area (Å²) in [4.78, 5) is 10.1. The van der Waals surface area contributed by atoms with Gasteiger partial charge in [-0.15, -0.1) is 0 Å². The molecule has 1 unspecified atom stereocenters. The zero-order chi connectivity index (χ0) is 9.56. The first-order valence-electron chi connectivity index (χ1n) is 4.75. The van der Waals surface area contributed by atoms with E-state index in [-0.39, 0.29) is 11.0 Å². The smallest absolute Gasteiger partial charge is 0.210 e. The van der Waals surface area contributed by atoms with Crippen LogP contribution < -0.4 is 0 Å². The van der Waals surface area contributed by atoms with Crippen molar-refractivity contribution in [3.63, 3.8) is 0 Å². The molecule has 0 N–H and O–H groups in total. The molecule has 1 atom stereocenters. The summed E-state index contributed by atoms with van der Waals surface area (Å²) in [6.45, 7) is 5.97. The highest BCUT2D eigenvalue weighted by molar-refractivity contribution is 4.57. The van der Waals surface area contributed by atoms with Gasteiger partial charge in [-0.1, -0.05) is 26.7 Å². The lowest BCUT2D eigenvalue weighted by molar-refractivity contribution is -0.519. The van der Waals surface area contributed by atoms with E-state index in [9.17, 15) is 10.1 Å². The predicted molar refractivity (Wildman–Crippen MR) is 49.8 cm³/mol. The van der Waals surface area contributed by atoms with Gasteiger partial charge in [-0.2, -0.15) is 0 Å². The molecule has 0 amide bonds. The van der Waals surface area contributed by atoms with Crippen molar-refractivity contribution in [1.82, 2.24) is 0 Å². The summed E-state index contributed by atoms with van der Waals surface area (Å²) in [7, 11) is 0. The van der Waals surface area contributed by atoms with E-state index in [0.29, 0.717) is 5.92 Å². The summed E-state index contributed by atoms with van der Waals surface area (Å²) in [5.74, 6) is 0.674. The van der Waals surface area contributed by atoms with E-state index in [1.54, 1.807) is 6.92 Å². The average molecular weight is 173 g/mol. The third-order valence-electron chi connectivity index (χ3n) is 2.51. The number of hydrogen-bond acceptors (Lipinski definition) is 2. The summed E-state index contributed by atoms with van der Waals surface area (Å²) in [6.07, 6.45) is 4.00. The summed E-state index contributed by atoms with van der Waals surface area (Å²) >= 11 is 0. The van der Waals surface area contributed by atoms with Crippen molar-refractivity contribution in [2.24, 2.45) is 5.92 Å². The molecule has 0 saturated heterocycles. The molecule has 72 valence electrons. The fourth-order valence-electron chi connectivity index (χ4n) is 1.28. The van der Waals surface area contributed by atoms with Gasteiger partial charge in [0.15, 0.2) is 0 Å². The van der Waals surface area contributed by atoms with Crippen LogP contribution in [-0.2, 0) is 0 Å². The fraction of sp³-hybridized carbons (Fsp3) is 1.00. The second-order valence-electron chi connectivity index (χ2n) is 3.39. The van der Waals surface area contributed by atoms with E-state index in [1.807, 2.05) is 0 Å². The van der Waals surface area contributed by atoms with Gasteiger partial charge in [0.25, 0.3) is 0 Å². The Hall–Kier alpha value is -0.600. The Labute approximate surface area is 74.3 Å². The summed E-state index contributed by atoms with van der Waals surface area (Å²) in [6, 6.07) is -0.370. The molecule has 12 heavy (non-hydrogen) atoms. The van der Waals surface area contributed by atoms with Crippen molar-refractivity contribution in [2.45, 2.75) is 52.5 Å². The van der Waals surface area contributed by atoms with Crippen LogP contribution in [0.5, 0.6) is 0 Å². The minimum atomic E-state index is -0.370. The van der Waals surface area contributed by atoms with Gasteiger partial charge in [0.2, 0.25) is 6.04 Å². The lowest BCUT2D eigenvalue weighted by Gasteiger charge is -2.11. The standard InChI is InChI=1S/C9H19NO2/c1-4-9(5-2)7-6-8(3)10(11)12/h8-9H,4-7H2,1-3H3. The Morgan fingerprint density at radius 1 is 1.25 bits per heavy atom. The first kappa shape index (κ1) is 11.4. The third-order valence-corrected chi connectivity index (χ3v) is 2.51. The van der Waals surface area contributed by atoms with Crippen LogP contribution >= 0.6 is 0 Å². The highest BCUT2D eigenvalue weighted by Crippen LogP contribution is 2.16. The average Bonchev–Trinajstić information content (AvgIpc) is 2.05. The van der Waals surface area contributed by atoms with E-state index >= 15 is 0 Å². The highest BCUT2D eigenvalue weighted by atomic mass is 16.6. The molecule has 0 aromatic rings. The summed E-state index contributed by atoms with van der Waals surface area (Å²) in [5, 5.41) is 10.3. The molecular weight excluding hydrogens is 154 g/mol. The van der Waals surface area contributed by atoms with Crippen LogP contribution in [0.15, 0.2) is 0 Å². The normalized spacial score (nSPS) is 13.3. The fourth-order valence-corrected chi connectivity index (χ4v) is 1.28. The maximum absolute atomic E-state index is 10.3. The SMILES string of the molecule is CCC(CC)CCC(C)[N+](=O)[O-]. The van der Waals surface area contributed by atoms with Gasteiger partial charge in [0, 0.05) is 18.3 Å². The van der Waals surface area contributed by atoms with E-state index in [1.165, 1.54) is 0 Å². The first-order valence-corrected chi connectivity index (χ1v) is 4.75. The van der Waals surface area contributed by atoms with Gasteiger partial charge in [0.1, 0.15) is 0 Å². The Kier molecular flexibility index (Phi) is 5.68. The van der Waals surface area contributed by atoms with Crippen molar-refractivity contribution in [3.8, 4) is 0 Å². The minimum Gasteiger partial charge on any atom is -0.264 e. The number of rotatable bonds is 6. The predicted octanol–water partition coefficient (Wildman–Crippen LogP) is 2.87. The lowest BCUT2D eigenvalue weighted by Crippen LogP contribution is -2.16. The van der Waals surface area contributed by atoms with Gasteiger partial charge in [-0.25, -0.2) is 0 Å². The van der Waals surface area contributed by atoms with Crippen molar-refractivity contribution >= 4 is 0 Å². The number of nitrogens with zero attached hydrogens (tertiary/aromatic N) is 1. The largest absolute Gasteiger partial charge is 0.264 e. The molecule has 0 rings (SSSR count). The molecule has 0 fully saturated rings. The Bertz CT molecular complexity index is 132. The van der Waals surface area contributed by atoms with E-state index < -0.39 is 0 Å². The van der Waals surface area contributed by atoms with Crippen LogP contribution in [0, 0.1) is 16.0 Å². The number of hydrogen-bond donors (Lipinski definition) is 0. The van der Waals surface area contributed by atoms with Crippen LogP contribution in [0.3, 0.4) is 0 Å². The van der Waals surface area contributed by atoms with Crippen LogP contribution in [0.4, 0.5) is 0 Å². The second kappa shape index (κ2) is 5.98. The van der Waals surface area contributed by atoms with Gasteiger partial charge >= 0.3 is 0 Å². The summed E-state index contributed by atoms with van der Waals surface area (Å²) < 4.78 is 0. The molecule has 0 saturated carbocycles. The topological polar surface area (TPSA) is 43.1 Å². The Morgan fingerprint density at radius 3 is 2.08 bits per heavy atom. The highest BCUT2D eigenvalue weighted by Gasteiger charge is 2.14. The van der Waals surface area contributed by atoms with Crippen molar-refractivity contribution < 1.29 is 4.92 Å². The molecule has 0 aliphatic heterocycles.